The van der Waals surface area contributed by atoms with Crippen LogP contribution in [0.5, 0.6) is 0 Å². The molecule has 1 fully saturated rings. The standard InChI is InChI=1S/C16H27N3/c1-5-17-11-15-12(2)10-13(3)18-16(15)19-9-7-6-8-14(19)4/h10,14,17H,5-9,11H2,1-4H3. The fourth-order valence-electron chi connectivity index (χ4n) is 2.96. The summed E-state index contributed by atoms with van der Waals surface area (Å²) in [5, 5.41) is 3.45. The van der Waals surface area contributed by atoms with Crippen LogP contribution in [0.4, 0.5) is 5.82 Å². The Morgan fingerprint density at radius 2 is 2.16 bits per heavy atom. The maximum absolute atomic E-state index is 4.85. The molecule has 1 unspecified atom stereocenters. The van der Waals surface area contributed by atoms with Crippen molar-refractivity contribution in [2.24, 2.45) is 0 Å². The Morgan fingerprint density at radius 1 is 1.37 bits per heavy atom. The monoisotopic (exact) mass is 261 g/mol. The number of pyridine rings is 1. The van der Waals surface area contributed by atoms with Crippen molar-refractivity contribution < 1.29 is 0 Å². The van der Waals surface area contributed by atoms with Gasteiger partial charge in [0.2, 0.25) is 0 Å². The van der Waals surface area contributed by atoms with E-state index in [1.165, 1.54) is 36.2 Å². The van der Waals surface area contributed by atoms with Gasteiger partial charge < -0.3 is 10.2 Å². The molecule has 0 saturated carbocycles. The third-order valence-corrected chi connectivity index (χ3v) is 4.08. The van der Waals surface area contributed by atoms with Crippen LogP contribution in [0.3, 0.4) is 0 Å². The number of nitrogens with one attached hydrogen (secondary N) is 1. The Hall–Kier alpha value is -1.09. The molecule has 0 amide bonds. The van der Waals surface area contributed by atoms with Crippen LogP contribution in [0.2, 0.25) is 0 Å². The SMILES string of the molecule is CCNCc1c(C)cc(C)nc1N1CCCCC1C. The van der Waals surface area contributed by atoms with E-state index < -0.39 is 0 Å². The summed E-state index contributed by atoms with van der Waals surface area (Å²) in [4.78, 5) is 7.36. The van der Waals surface area contributed by atoms with Gasteiger partial charge >= 0.3 is 0 Å². The van der Waals surface area contributed by atoms with Gasteiger partial charge in [-0.05, 0) is 58.2 Å². The highest BCUT2D eigenvalue weighted by Gasteiger charge is 2.23. The van der Waals surface area contributed by atoms with Crippen LogP contribution in [0.25, 0.3) is 0 Å². The van der Waals surface area contributed by atoms with Gasteiger partial charge in [0.25, 0.3) is 0 Å². The molecule has 1 N–H and O–H groups in total. The molecule has 0 radical (unpaired) electrons. The number of rotatable bonds is 4. The maximum Gasteiger partial charge on any atom is 0.133 e. The van der Waals surface area contributed by atoms with E-state index in [4.69, 9.17) is 4.98 Å². The van der Waals surface area contributed by atoms with Gasteiger partial charge in [-0.15, -0.1) is 0 Å². The Bertz CT molecular complexity index is 428. The van der Waals surface area contributed by atoms with Gasteiger partial charge in [0, 0.05) is 30.4 Å². The lowest BCUT2D eigenvalue weighted by atomic mass is 10.0. The molecular weight excluding hydrogens is 234 g/mol. The lowest BCUT2D eigenvalue weighted by Gasteiger charge is -2.36. The molecule has 0 aliphatic carbocycles. The number of hydrogen-bond acceptors (Lipinski definition) is 3. The highest BCUT2D eigenvalue weighted by Crippen LogP contribution is 2.28. The van der Waals surface area contributed by atoms with Gasteiger partial charge in [-0.3, -0.25) is 0 Å². The molecule has 1 saturated heterocycles. The van der Waals surface area contributed by atoms with E-state index in [1.807, 2.05) is 0 Å². The molecule has 2 rings (SSSR count). The van der Waals surface area contributed by atoms with Crippen molar-refractivity contribution in [2.45, 2.75) is 59.5 Å². The Labute approximate surface area is 117 Å². The van der Waals surface area contributed by atoms with Crippen LogP contribution < -0.4 is 10.2 Å². The van der Waals surface area contributed by atoms with E-state index in [9.17, 15) is 0 Å². The van der Waals surface area contributed by atoms with Crippen LogP contribution >= 0.6 is 0 Å². The van der Waals surface area contributed by atoms with Crippen LogP contribution in [-0.4, -0.2) is 24.1 Å². The third-order valence-electron chi connectivity index (χ3n) is 4.08. The summed E-state index contributed by atoms with van der Waals surface area (Å²) in [5.74, 6) is 1.21. The lowest BCUT2D eigenvalue weighted by molar-refractivity contribution is 0.479. The van der Waals surface area contributed by atoms with Gasteiger partial charge in [0.15, 0.2) is 0 Å². The minimum Gasteiger partial charge on any atom is -0.354 e. The minimum atomic E-state index is 0.614. The van der Waals surface area contributed by atoms with Crippen molar-refractivity contribution in [2.75, 3.05) is 18.0 Å². The van der Waals surface area contributed by atoms with Crippen molar-refractivity contribution in [3.8, 4) is 0 Å². The molecule has 1 aliphatic heterocycles. The van der Waals surface area contributed by atoms with Gasteiger partial charge in [-0.25, -0.2) is 4.98 Å². The van der Waals surface area contributed by atoms with E-state index in [0.717, 1.165) is 25.3 Å². The quantitative estimate of drug-likeness (QED) is 0.902. The Kier molecular flexibility index (Phi) is 4.81. The van der Waals surface area contributed by atoms with Crippen molar-refractivity contribution >= 4 is 5.82 Å². The van der Waals surface area contributed by atoms with E-state index in [2.05, 4.69) is 44.0 Å². The van der Waals surface area contributed by atoms with Crippen molar-refractivity contribution in [3.63, 3.8) is 0 Å². The molecule has 106 valence electrons. The number of aryl methyl sites for hydroxylation is 2. The highest BCUT2D eigenvalue weighted by molar-refractivity contribution is 5.52. The molecule has 2 heterocycles. The summed E-state index contributed by atoms with van der Waals surface area (Å²) < 4.78 is 0. The Balaban J connectivity index is 2.35. The van der Waals surface area contributed by atoms with Gasteiger partial charge in [0.1, 0.15) is 5.82 Å². The average molecular weight is 261 g/mol. The molecule has 1 aromatic rings. The second kappa shape index (κ2) is 6.38. The molecule has 0 spiro atoms. The molecule has 0 bridgehead atoms. The molecule has 0 aromatic carbocycles. The predicted octanol–water partition coefficient (Wildman–Crippen LogP) is 3.19. The first-order chi connectivity index (χ1) is 9.13. The lowest BCUT2D eigenvalue weighted by Crippen LogP contribution is -2.39. The molecule has 3 heteroatoms. The summed E-state index contributed by atoms with van der Waals surface area (Å²) >= 11 is 0. The van der Waals surface area contributed by atoms with E-state index >= 15 is 0 Å². The predicted molar refractivity (Wildman–Crippen MR) is 81.8 cm³/mol. The maximum atomic E-state index is 4.85. The zero-order valence-electron chi connectivity index (χ0n) is 12.8. The van der Waals surface area contributed by atoms with Crippen molar-refractivity contribution in [1.29, 1.82) is 0 Å². The summed E-state index contributed by atoms with van der Waals surface area (Å²) in [6.45, 7) is 11.9. The summed E-state index contributed by atoms with van der Waals surface area (Å²) in [6.07, 6.45) is 3.93. The number of hydrogen-bond donors (Lipinski definition) is 1. The normalized spacial score (nSPS) is 19.8. The zero-order valence-corrected chi connectivity index (χ0v) is 12.8. The van der Waals surface area contributed by atoms with Crippen LogP contribution in [-0.2, 0) is 6.54 Å². The first-order valence-electron chi connectivity index (χ1n) is 7.58. The van der Waals surface area contributed by atoms with Crippen LogP contribution in [0, 0.1) is 13.8 Å². The van der Waals surface area contributed by atoms with Gasteiger partial charge in [-0.2, -0.15) is 0 Å². The highest BCUT2D eigenvalue weighted by atomic mass is 15.2. The summed E-state index contributed by atoms with van der Waals surface area (Å²) in [5.41, 5.74) is 3.87. The fourth-order valence-corrected chi connectivity index (χ4v) is 2.96. The average Bonchev–Trinajstić information content (AvgIpc) is 2.37. The number of piperidine rings is 1. The van der Waals surface area contributed by atoms with Crippen LogP contribution in [0.1, 0.15) is 49.9 Å². The Morgan fingerprint density at radius 3 is 2.84 bits per heavy atom. The smallest absolute Gasteiger partial charge is 0.133 e. The molecular formula is C16H27N3. The summed E-state index contributed by atoms with van der Waals surface area (Å²) in [7, 11) is 0. The molecule has 1 atom stereocenters. The number of anilines is 1. The molecule has 1 aliphatic rings. The van der Waals surface area contributed by atoms with E-state index in [-0.39, 0.29) is 0 Å². The minimum absolute atomic E-state index is 0.614. The van der Waals surface area contributed by atoms with Gasteiger partial charge in [0.05, 0.1) is 0 Å². The topological polar surface area (TPSA) is 28.2 Å². The third kappa shape index (κ3) is 3.27. The fraction of sp³-hybridized carbons (Fsp3) is 0.688. The summed E-state index contributed by atoms with van der Waals surface area (Å²) in [6, 6.07) is 2.81. The second-order valence-electron chi connectivity index (χ2n) is 5.70. The van der Waals surface area contributed by atoms with E-state index in [1.54, 1.807) is 0 Å². The molecule has 19 heavy (non-hydrogen) atoms. The second-order valence-corrected chi connectivity index (χ2v) is 5.70. The first kappa shape index (κ1) is 14.3. The molecule has 1 aromatic heterocycles. The van der Waals surface area contributed by atoms with E-state index in [0.29, 0.717) is 6.04 Å². The number of aromatic nitrogens is 1. The van der Waals surface area contributed by atoms with Crippen LogP contribution in [0.15, 0.2) is 6.07 Å². The zero-order chi connectivity index (χ0) is 13.8. The van der Waals surface area contributed by atoms with Gasteiger partial charge in [-0.1, -0.05) is 6.92 Å². The molecule has 3 nitrogen and oxygen atoms in total. The number of nitrogens with zero attached hydrogens (tertiary/aromatic N) is 2. The van der Waals surface area contributed by atoms with Crippen molar-refractivity contribution in [3.05, 3.63) is 22.9 Å². The largest absolute Gasteiger partial charge is 0.354 e. The van der Waals surface area contributed by atoms with Crippen molar-refractivity contribution in [1.82, 2.24) is 10.3 Å². The first-order valence-corrected chi connectivity index (χ1v) is 7.58.